The second kappa shape index (κ2) is 14.9. The van der Waals surface area contributed by atoms with Crippen LogP contribution in [0.15, 0.2) is 0 Å². The van der Waals surface area contributed by atoms with Gasteiger partial charge in [-0.25, -0.2) is 0 Å². The summed E-state index contributed by atoms with van der Waals surface area (Å²) in [6.45, 7) is 6.72. The minimum Gasteiger partial charge on any atom is -0.348 e. The van der Waals surface area contributed by atoms with Crippen LogP contribution in [0.3, 0.4) is 0 Å². The fourth-order valence-corrected chi connectivity index (χ4v) is 2.29. The highest BCUT2D eigenvalue weighted by Crippen LogP contribution is 2.10. The summed E-state index contributed by atoms with van der Waals surface area (Å²) in [7, 11) is 0. The van der Waals surface area contributed by atoms with Gasteiger partial charge in [0.05, 0.1) is 0 Å². The second-order valence-corrected chi connectivity index (χ2v) is 6.22. The van der Waals surface area contributed by atoms with Crippen LogP contribution in [-0.4, -0.2) is 24.4 Å². The average Bonchev–Trinajstić information content (AvgIpc) is 2.52. The molecule has 0 aromatic carbocycles. The maximum absolute atomic E-state index is 11.5. The van der Waals surface area contributed by atoms with E-state index < -0.39 is 11.8 Å². The van der Waals surface area contributed by atoms with E-state index in [4.69, 9.17) is 0 Å². The molecule has 0 aromatic rings. The third-order valence-electron chi connectivity index (χ3n) is 4.01. The Morgan fingerprint density at radius 3 is 1.77 bits per heavy atom. The Morgan fingerprint density at radius 2 is 1.27 bits per heavy atom. The zero-order valence-corrected chi connectivity index (χ0v) is 14.9. The van der Waals surface area contributed by atoms with Crippen molar-refractivity contribution in [1.29, 1.82) is 0 Å². The number of nitrogens with one attached hydrogen (secondary N) is 2. The predicted octanol–water partition coefficient (Wildman–Crippen LogP) is 3.94. The maximum Gasteiger partial charge on any atom is 0.309 e. The number of rotatable bonds is 13. The Balaban J connectivity index is 3.35. The molecule has 1 atom stereocenters. The van der Waals surface area contributed by atoms with Crippen molar-refractivity contribution in [2.45, 2.75) is 97.4 Å². The lowest BCUT2D eigenvalue weighted by Gasteiger charge is -2.11. The minimum absolute atomic E-state index is 0.0515. The number of carbonyl (C=O) groups excluding carboxylic acids is 2. The van der Waals surface area contributed by atoms with Gasteiger partial charge in [0.2, 0.25) is 0 Å². The molecule has 0 saturated carbocycles. The topological polar surface area (TPSA) is 58.2 Å². The lowest BCUT2D eigenvalue weighted by Crippen LogP contribution is -2.43. The first-order chi connectivity index (χ1) is 10.6. The Morgan fingerprint density at radius 1 is 0.773 bits per heavy atom. The van der Waals surface area contributed by atoms with Crippen LogP contribution >= 0.6 is 0 Å². The Hall–Kier alpha value is -1.06. The summed E-state index contributed by atoms with van der Waals surface area (Å²) in [5, 5.41) is 5.35. The highest BCUT2D eigenvalue weighted by Gasteiger charge is 2.14. The molecular weight excluding hydrogens is 276 g/mol. The van der Waals surface area contributed by atoms with Crippen LogP contribution in [0, 0.1) is 0 Å². The second-order valence-electron chi connectivity index (χ2n) is 6.22. The Bertz CT molecular complexity index is 293. The van der Waals surface area contributed by atoms with Crippen molar-refractivity contribution < 1.29 is 9.59 Å². The van der Waals surface area contributed by atoms with Gasteiger partial charge in [-0.05, 0) is 19.8 Å². The van der Waals surface area contributed by atoms with Crippen molar-refractivity contribution in [3.8, 4) is 0 Å². The van der Waals surface area contributed by atoms with Crippen molar-refractivity contribution in [2.24, 2.45) is 0 Å². The van der Waals surface area contributed by atoms with E-state index in [1.807, 2.05) is 13.8 Å². The molecule has 130 valence electrons. The van der Waals surface area contributed by atoms with Gasteiger partial charge in [0.15, 0.2) is 0 Å². The third kappa shape index (κ3) is 12.7. The van der Waals surface area contributed by atoms with Crippen molar-refractivity contribution in [1.82, 2.24) is 10.6 Å². The first-order valence-corrected chi connectivity index (χ1v) is 9.20. The zero-order chi connectivity index (χ0) is 16.6. The van der Waals surface area contributed by atoms with Crippen LogP contribution in [0.1, 0.15) is 91.4 Å². The molecule has 0 bridgehead atoms. The van der Waals surface area contributed by atoms with Gasteiger partial charge in [-0.2, -0.15) is 0 Å². The highest BCUT2D eigenvalue weighted by molar-refractivity contribution is 6.35. The van der Waals surface area contributed by atoms with Crippen LogP contribution in [-0.2, 0) is 9.59 Å². The smallest absolute Gasteiger partial charge is 0.309 e. The van der Waals surface area contributed by atoms with E-state index in [0.717, 1.165) is 19.3 Å². The molecule has 0 aliphatic rings. The molecule has 0 rings (SSSR count). The van der Waals surface area contributed by atoms with Gasteiger partial charge < -0.3 is 10.6 Å². The molecule has 0 saturated heterocycles. The van der Waals surface area contributed by atoms with Crippen LogP contribution in [0.5, 0.6) is 0 Å². The maximum atomic E-state index is 11.5. The molecule has 0 aromatic heterocycles. The SMILES string of the molecule is CCCCCCCCCCCCNC(=O)C(=O)N[C@H](C)CC. The van der Waals surface area contributed by atoms with Gasteiger partial charge in [0.25, 0.3) is 0 Å². The predicted molar refractivity (Wildman–Crippen MR) is 92.7 cm³/mol. The largest absolute Gasteiger partial charge is 0.348 e. The average molecular weight is 312 g/mol. The van der Waals surface area contributed by atoms with E-state index in [1.54, 1.807) is 0 Å². The molecular formula is C18H36N2O2. The van der Waals surface area contributed by atoms with Crippen molar-refractivity contribution >= 4 is 11.8 Å². The molecule has 22 heavy (non-hydrogen) atoms. The summed E-state index contributed by atoms with van der Waals surface area (Å²) in [6, 6.07) is 0.0515. The van der Waals surface area contributed by atoms with Gasteiger partial charge in [-0.1, -0.05) is 71.6 Å². The van der Waals surface area contributed by atoms with Crippen LogP contribution < -0.4 is 10.6 Å². The minimum atomic E-state index is -0.513. The lowest BCUT2D eigenvalue weighted by atomic mass is 10.1. The van der Waals surface area contributed by atoms with E-state index in [1.165, 1.54) is 51.4 Å². The summed E-state index contributed by atoms with van der Waals surface area (Å²) in [5.74, 6) is -1.02. The number of unbranched alkanes of at least 4 members (excludes halogenated alkanes) is 9. The molecule has 2 amide bonds. The third-order valence-corrected chi connectivity index (χ3v) is 4.01. The van der Waals surface area contributed by atoms with E-state index in [2.05, 4.69) is 17.6 Å². The van der Waals surface area contributed by atoms with E-state index in [9.17, 15) is 9.59 Å². The first-order valence-electron chi connectivity index (χ1n) is 9.20. The highest BCUT2D eigenvalue weighted by atomic mass is 16.2. The fraction of sp³-hybridized carbons (Fsp3) is 0.889. The Labute approximate surface area is 136 Å². The quantitative estimate of drug-likeness (QED) is 0.400. The van der Waals surface area contributed by atoms with Gasteiger partial charge in [0.1, 0.15) is 0 Å². The Kier molecular flexibility index (Phi) is 14.1. The van der Waals surface area contributed by atoms with E-state index >= 15 is 0 Å². The summed E-state index contributed by atoms with van der Waals surface area (Å²) in [5.41, 5.74) is 0. The van der Waals surface area contributed by atoms with Crippen LogP contribution in [0.4, 0.5) is 0 Å². The molecule has 0 unspecified atom stereocenters. The monoisotopic (exact) mass is 312 g/mol. The number of hydrogen-bond acceptors (Lipinski definition) is 2. The van der Waals surface area contributed by atoms with Crippen LogP contribution in [0.2, 0.25) is 0 Å². The standard InChI is InChI=1S/C18H36N2O2/c1-4-6-7-8-9-10-11-12-13-14-15-19-17(21)18(22)20-16(3)5-2/h16H,4-15H2,1-3H3,(H,19,21)(H,20,22)/t16-/m1/s1. The first kappa shape index (κ1) is 20.9. The molecule has 0 aliphatic carbocycles. The van der Waals surface area contributed by atoms with Crippen molar-refractivity contribution in [3.63, 3.8) is 0 Å². The normalized spacial score (nSPS) is 12.0. The molecule has 0 radical (unpaired) electrons. The molecule has 0 fully saturated rings. The summed E-state index contributed by atoms with van der Waals surface area (Å²) in [4.78, 5) is 23.0. The van der Waals surface area contributed by atoms with Gasteiger partial charge in [0, 0.05) is 12.6 Å². The zero-order valence-electron chi connectivity index (χ0n) is 14.9. The van der Waals surface area contributed by atoms with E-state index in [0.29, 0.717) is 6.54 Å². The fourth-order valence-electron chi connectivity index (χ4n) is 2.29. The lowest BCUT2D eigenvalue weighted by molar-refractivity contribution is -0.139. The van der Waals surface area contributed by atoms with E-state index in [-0.39, 0.29) is 6.04 Å². The summed E-state index contributed by atoms with van der Waals surface area (Å²) in [6.07, 6.45) is 13.5. The summed E-state index contributed by atoms with van der Waals surface area (Å²) >= 11 is 0. The molecule has 4 nitrogen and oxygen atoms in total. The molecule has 4 heteroatoms. The van der Waals surface area contributed by atoms with Gasteiger partial charge in [-0.3, -0.25) is 9.59 Å². The number of hydrogen-bond donors (Lipinski definition) is 2. The van der Waals surface area contributed by atoms with Gasteiger partial charge >= 0.3 is 11.8 Å². The van der Waals surface area contributed by atoms with Crippen LogP contribution in [0.25, 0.3) is 0 Å². The molecule has 2 N–H and O–H groups in total. The molecule has 0 aliphatic heterocycles. The summed E-state index contributed by atoms with van der Waals surface area (Å²) < 4.78 is 0. The molecule has 0 spiro atoms. The number of carbonyl (C=O) groups is 2. The van der Waals surface area contributed by atoms with Gasteiger partial charge in [-0.15, -0.1) is 0 Å². The van der Waals surface area contributed by atoms with Crippen molar-refractivity contribution in [3.05, 3.63) is 0 Å². The van der Waals surface area contributed by atoms with Crippen molar-refractivity contribution in [2.75, 3.05) is 6.54 Å². The molecule has 0 heterocycles. The number of amides is 2.